The molecule has 0 saturated heterocycles. The second-order valence-corrected chi connectivity index (χ2v) is 5.97. The lowest BCUT2D eigenvalue weighted by Gasteiger charge is -2.01. The minimum absolute atomic E-state index is 1.17. The van der Waals surface area contributed by atoms with Gasteiger partial charge in [0, 0.05) is 4.47 Å². The Balaban J connectivity index is 1.99. The fourth-order valence-electron chi connectivity index (χ4n) is 2.90. The van der Waals surface area contributed by atoms with Gasteiger partial charge in [-0.2, -0.15) is 0 Å². The van der Waals surface area contributed by atoms with Crippen molar-refractivity contribution in [3.05, 3.63) is 83.3 Å². The highest BCUT2D eigenvalue weighted by Crippen LogP contribution is 2.45. The summed E-state index contributed by atoms with van der Waals surface area (Å²) in [5.74, 6) is 0. The summed E-state index contributed by atoms with van der Waals surface area (Å²) in [6, 6.07) is 27.8. The van der Waals surface area contributed by atoms with E-state index in [1.165, 1.54) is 37.9 Å². The second kappa shape index (κ2) is 5.01. The van der Waals surface area contributed by atoms with Crippen molar-refractivity contribution in [2.75, 3.05) is 0 Å². The average Bonchev–Trinajstić information content (AvgIpc) is 2.83. The molecule has 0 N–H and O–H groups in total. The fourth-order valence-corrected chi connectivity index (χ4v) is 3.59. The van der Waals surface area contributed by atoms with Crippen molar-refractivity contribution in [3.63, 3.8) is 0 Å². The van der Waals surface area contributed by atoms with Gasteiger partial charge in [-0.15, -0.1) is 0 Å². The molecule has 0 heterocycles. The maximum absolute atomic E-state index is 3.79. The van der Waals surface area contributed by atoms with Crippen molar-refractivity contribution in [2.24, 2.45) is 0 Å². The maximum Gasteiger partial charge on any atom is 0.0332 e. The van der Waals surface area contributed by atoms with Gasteiger partial charge in [-0.3, -0.25) is 0 Å². The number of hydrogen-bond acceptors (Lipinski definition) is 0. The predicted octanol–water partition coefficient (Wildman–Crippen LogP) is 6.33. The molecule has 0 bridgehead atoms. The molecule has 0 amide bonds. The van der Waals surface area contributed by atoms with Crippen LogP contribution < -0.4 is 0 Å². The number of hydrogen-bond donors (Lipinski definition) is 0. The van der Waals surface area contributed by atoms with Crippen LogP contribution in [0.15, 0.2) is 83.3 Å². The Morgan fingerprint density at radius 1 is 0.476 bits per heavy atom. The molecule has 100 valence electrons. The third kappa shape index (κ3) is 2.05. The Hall–Kier alpha value is -2.12. The maximum atomic E-state index is 3.79. The van der Waals surface area contributed by atoms with E-state index in [1.54, 1.807) is 0 Å². The lowest BCUT2D eigenvalue weighted by Crippen LogP contribution is -1.74. The molecular formula is C20H13Br. The SMILES string of the molecule is Brc1c2cccccc-2cc1-c1ccc2cccccc1-2. The van der Waals surface area contributed by atoms with Gasteiger partial charge in [-0.05, 0) is 55.4 Å². The second-order valence-electron chi connectivity index (χ2n) is 5.18. The van der Waals surface area contributed by atoms with Gasteiger partial charge in [0.15, 0.2) is 0 Å². The molecule has 0 aliphatic heterocycles. The Bertz CT molecular complexity index is 863. The van der Waals surface area contributed by atoms with Crippen molar-refractivity contribution in [3.8, 4) is 33.4 Å². The van der Waals surface area contributed by atoms with Crippen LogP contribution in [0.1, 0.15) is 0 Å². The van der Waals surface area contributed by atoms with E-state index in [-0.39, 0.29) is 0 Å². The highest BCUT2D eigenvalue weighted by atomic mass is 79.9. The normalized spacial score (nSPS) is 11.1. The fraction of sp³-hybridized carbons (Fsp3) is 0. The van der Waals surface area contributed by atoms with E-state index in [2.05, 4.69) is 94.8 Å². The van der Waals surface area contributed by atoms with Crippen molar-refractivity contribution in [2.45, 2.75) is 0 Å². The summed E-state index contributed by atoms with van der Waals surface area (Å²) in [4.78, 5) is 0. The summed E-state index contributed by atoms with van der Waals surface area (Å²) in [6.45, 7) is 0. The van der Waals surface area contributed by atoms with E-state index < -0.39 is 0 Å². The quantitative estimate of drug-likeness (QED) is 0.382. The first-order valence-corrected chi connectivity index (χ1v) is 7.79. The van der Waals surface area contributed by atoms with E-state index in [1.807, 2.05) is 0 Å². The van der Waals surface area contributed by atoms with Gasteiger partial charge in [0.2, 0.25) is 0 Å². The van der Waals surface area contributed by atoms with E-state index in [9.17, 15) is 0 Å². The number of halogens is 1. The zero-order chi connectivity index (χ0) is 14.2. The van der Waals surface area contributed by atoms with Crippen molar-refractivity contribution in [1.82, 2.24) is 0 Å². The molecule has 0 radical (unpaired) electrons. The lowest BCUT2D eigenvalue weighted by atomic mass is 10.1. The van der Waals surface area contributed by atoms with E-state index >= 15 is 0 Å². The van der Waals surface area contributed by atoms with Gasteiger partial charge < -0.3 is 0 Å². The van der Waals surface area contributed by atoms with Gasteiger partial charge in [0.05, 0.1) is 0 Å². The molecule has 0 aromatic heterocycles. The van der Waals surface area contributed by atoms with Crippen LogP contribution in [0.4, 0.5) is 0 Å². The molecule has 0 atom stereocenters. The molecule has 4 aliphatic carbocycles. The van der Waals surface area contributed by atoms with E-state index in [0.29, 0.717) is 0 Å². The molecule has 0 saturated carbocycles. The summed E-state index contributed by atoms with van der Waals surface area (Å²) in [5.41, 5.74) is 7.63. The summed E-state index contributed by atoms with van der Waals surface area (Å²) in [6.07, 6.45) is 0. The third-order valence-electron chi connectivity index (χ3n) is 3.93. The van der Waals surface area contributed by atoms with E-state index in [0.717, 1.165) is 0 Å². The van der Waals surface area contributed by atoms with Crippen molar-refractivity contribution in [1.29, 1.82) is 0 Å². The largest absolute Gasteiger partial charge is 0.0622 e. The van der Waals surface area contributed by atoms with Crippen molar-refractivity contribution >= 4 is 15.9 Å². The van der Waals surface area contributed by atoms with Crippen LogP contribution in [0.3, 0.4) is 0 Å². The predicted molar refractivity (Wildman–Crippen MR) is 92.8 cm³/mol. The summed E-state index contributed by atoms with van der Waals surface area (Å²) in [7, 11) is 0. The highest BCUT2D eigenvalue weighted by molar-refractivity contribution is 9.10. The van der Waals surface area contributed by atoms with E-state index in [4.69, 9.17) is 0 Å². The van der Waals surface area contributed by atoms with Crippen LogP contribution in [0, 0.1) is 0 Å². The first-order valence-electron chi connectivity index (χ1n) is 7.00. The molecule has 0 fully saturated rings. The highest BCUT2D eigenvalue weighted by Gasteiger charge is 2.18. The monoisotopic (exact) mass is 332 g/mol. The van der Waals surface area contributed by atoms with Crippen LogP contribution in [0.5, 0.6) is 0 Å². The number of rotatable bonds is 1. The number of fused-ring (bicyclic) bond motifs is 2. The minimum Gasteiger partial charge on any atom is -0.0622 e. The molecule has 0 aromatic rings. The standard InChI is InChI=1S/C20H13Br/c21-20-17-10-6-2-4-8-15(17)13-19(20)18-12-11-14-7-3-1-5-9-16(14)18/h1-13H. The zero-order valence-corrected chi connectivity index (χ0v) is 13.0. The average molecular weight is 333 g/mol. The molecule has 0 aromatic carbocycles. The molecule has 1 heteroatoms. The summed E-state index contributed by atoms with van der Waals surface area (Å²) >= 11 is 3.79. The first-order chi connectivity index (χ1) is 10.3. The minimum atomic E-state index is 1.17. The molecule has 21 heavy (non-hydrogen) atoms. The molecule has 0 spiro atoms. The lowest BCUT2D eigenvalue weighted by molar-refractivity contribution is 1.74. The molecule has 0 unspecified atom stereocenters. The van der Waals surface area contributed by atoms with Gasteiger partial charge in [-0.25, -0.2) is 0 Å². The molecule has 4 rings (SSSR count). The van der Waals surface area contributed by atoms with Crippen LogP contribution in [0.25, 0.3) is 33.4 Å². The van der Waals surface area contributed by atoms with Gasteiger partial charge in [0.25, 0.3) is 0 Å². The smallest absolute Gasteiger partial charge is 0.0332 e. The summed E-state index contributed by atoms with van der Waals surface area (Å²) < 4.78 is 1.17. The Morgan fingerprint density at radius 2 is 1.14 bits per heavy atom. The molecule has 0 nitrogen and oxygen atoms in total. The van der Waals surface area contributed by atoms with Gasteiger partial charge in [0.1, 0.15) is 0 Å². The topological polar surface area (TPSA) is 0 Å². The summed E-state index contributed by atoms with van der Waals surface area (Å²) in [5, 5.41) is 0. The van der Waals surface area contributed by atoms with Gasteiger partial charge >= 0.3 is 0 Å². The Kier molecular flexibility index (Phi) is 3.01. The molecular weight excluding hydrogens is 320 g/mol. The van der Waals surface area contributed by atoms with Crippen LogP contribution in [-0.2, 0) is 0 Å². The first kappa shape index (κ1) is 12.6. The Labute approximate surface area is 132 Å². The van der Waals surface area contributed by atoms with Crippen LogP contribution in [0.2, 0.25) is 0 Å². The third-order valence-corrected chi connectivity index (χ3v) is 4.78. The van der Waals surface area contributed by atoms with Crippen LogP contribution >= 0.6 is 15.9 Å². The van der Waals surface area contributed by atoms with Gasteiger partial charge in [-0.1, -0.05) is 72.8 Å². The Morgan fingerprint density at radius 3 is 1.95 bits per heavy atom. The van der Waals surface area contributed by atoms with Crippen LogP contribution in [-0.4, -0.2) is 0 Å². The van der Waals surface area contributed by atoms with Crippen molar-refractivity contribution < 1.29 is 0 Å². The zero-order valence-electron chi connectivity index (χ0n) is 11.4. The molecule has 4 aliphatic rings.